The van der Waals surface area contributed by atoms with Crippen molar-refractivity contribution in [3.63, 3.8) is 0 Å². The standard InChI is InChI=1S/C17H19BrFNO/c1-3-20-17(12-4-6-14(19)7-5-12)11-13-10-15(21-2)8-9-16(13)18/h4-10,17,20H,3,11H2,1-2H3. The molecule has 0 heterocycles. The predicted octanol–water partition coefficient (Wildman–Crippen LogP) is 4.49. The quantitative estimate of drug-likeness (QED) is 0.827. The zero-order valence-corrected chi connectivity index (χ0v) is 13.8. The molecule has 2 aromatic carbocycles. The maximum absolute atomic E-state index is 13.1. The summed E-state index contributed by atoms with van der Waals surface area (Å²) in [6.45, 7) is 2.92. The molecule has 0 aliphatic heterocycles. The summed E-state index contributed by atoms with van der Waals surface area (Å²) in [4.78, 5) is 0. The third kappa shape index (κ3) is 4.29. The molecule has 0 radical (unpaired) electrons. The molecule has 4 heteroatoms. The zero-order valence-electron chi connectivity index (χ0n) is 12.2. The van der Waals surface area contributed by atoms with Crippen LogP contribution in [0.1, 0.15) is 24.1 Å². The first-order chi connectivity index (χ1) is 10.1. The minimum Gasteiger partial charge on any atom is -0.497 e. The van der Waals surface area contributed by atoms with E-state index in [4.69, 9.17) is 4.74 Å². The highest BCUT2D eigenvalue weighted by atomic mass is 79.9. The molecule has 0 amide bonds. The number of methoxy groups -OCH3 is 1. The van der Waals surface area contributed by atoms with Crippen LogP contribution in [0.3, 0.4) is 0 Å². The molecule has 1 N–H and O–H groups in total. The van der Waals surface area contributed by atoms with Crippen molar-refractivity contribution in [1.82, 2.24) is 5.32 Å². The highest BCUT2D eigenvalue weighted by molar-refractivity contribution is 9.10. The van der Waals surface area contributed by atoms with Gasteiger partial charge in [-0.05, 0) is 54.4 Å². The SMILES string of the molecule is CCNC(Cc1cc(OC)ccc1Br)c1ccc(F)cc1. The molecule has 2 rings (SSSR count). The maximum Gasteiger partial charge on any atom is 0.123 e. The minimum atomic E-state index is -0.212. The van der Waals surface area contributed by atoms with Crippen LogP contribution in [-0.4, -0.2) is 13.7 Å². The molecule has 2 nitrogen and oxygen atoms in total. The van der Waals surface area contributed by atoms with Gasteiger partial charge in [-0.3, -0.25) is 0 Å². The number of benzene rings is 2. The molecule has 0 saturated heterocycles. The highest BCUT2D eigenvalue weighted by Gasteiger charge is 2.13. The van der Waals surface area contributed by atoms with Crippen molar-refractivity contribution in [2.45, 2.75) is 19.4 Å². The van der Waals surface area contributed by atoms with Crippen LogP contribution in [-0.2, 0) is 6.42 Å². The Morgan fingerprint density at radius 3 is 2.52 bits per heavy atom. The van der Waals surface area contributed by atoms with Crippen LogP contribution < -0.4 is 10.1 Å². The second-order valence-corrected chi connectivity index (χ2v) is 5.68. The smallest absolute Gasteiger partial charge is 0.123 e. The molecule has 112 valence electrons. The second-order valence-electron chi connectivity index (χ2n) is 4.82. The van der Waals surface area contributed by atoms with E-state index in [-0.39, 0.29) is 11.9 Å². The number of hydrogen-bond donors (Lipinski definition) is 1. The van der Waals surface area contributed by atoms with Gasteiger partial charge in [-0.25, -0.2) is 4.39 Å². The maximum atomic E-state index is 13.1. The lowest BCUT2D eigenvalue weighted by Gasteiger charge is -2.19. The van der Waals surface area contributed by atoms with E-state index < -0.39 is 0 Å². The number of nitrogens with one attached hydrogen (secondary N) is 1. The van der Waals surface area contributed by atoms with Crippen LogP contribution in [0.2, 0.25) is 0 Å². The van der Waals surface area contributed by atoms with Crippen molar-refractivity contribution in [3.8, 4) is 5.75 Å². The van der Waals surface area contributed by atoms with Gasteiger partial charge in [0.2, 0.25) is 0 Å². The molecule has 1 atom stereocenters. The molecule has 0 aliphatic carbocycles. The first-order valence-electron chi connectivity index (χ1n) is 6.95. The molecule has 2 aromatic rings. The largest absolute Gasteiger partial charge is 0.497 e. The number of likely N-dealkylation sites (N-methyl/N-ethyl adjacent to an activating group) is 1. The average Bonchev–Trinajstić information content (AvgIpc) is 2.49. The summed E-state index contributed by atoms with van der Waals surface area (Å²) in [5, 5.41) is 3.45. The number of halogens is 2. The molecule has 0 aliphatic rings. The first kappa shape index (κ1) is 16.0. The van der Waals surface area contributed by atoms with E-state index in [1.807, 2.05) is 30.3 Å². The summed E-state index contributed by atoms with van der Waals surface area (Å²) in [6.07, 6.45) is 0.803. The first-order valence-corrected chi connectivity index (χ1v) is 7.74. The Hall–Kier alpha value is -1.39. The van der Waals surface area contributed by atoms with Crippen LogP contribution in [0.4, 0.5) is 4.39 Å². The Morgan fingerprint density at radius 2 is 1.90 bits per heavy atom. The fourth-order valence-electron chi connectivity index (χ4n) is 2.30. The van der Waals surface area contributed by atoms with Gasteiger partial charge in [-0.2, -0.15) is 0 Å². The Balaban J connectivity index is 2.25. The van der Waals surface area contributed by atoms with Crippen molar-refractivity contribution >= 4 is 15.9 Å². The molecule has 0 saturated carbocycles. The van der Waals surface area contributed by atoms with Gasteiger partial charge in [0.1, 0.15) is 11.6 Å². The number of hydrogen-bond acceptors (Lipinski definition) is 2. The normalized spacial score (nSPS) is 12.2. The second kappa shape index (κ2) is 7.57. The van der Waals surface area contributed by atoms with Crippen molar-refractivity contribution in [2.75, 3.05) is 13.7 Å². The van der Waals surface area contributed by atoms with Gasteiger partial charge in [-0.1, -0.05) is 35.0 Å². The van der Waals surface area contributed by atoms with Crippen LogP contribution in [0, 0.1) is 5.82 Å². The third-order valence-electron chi connectivity index (χ3n) is 3.40. The number of rotatable bonds is 6. The van der Waals surface area contributed by atoms with Gasteiger partial charge in [-0.15, -0.1) is 0 Å². The van der Waals surface area contributed by atoms with E-state index in [1.54, 1.807) is 7.11 Å². The number of ether oxygens (including phenoxy) is 1. The van der Waals surface area contributed by atoms with E-state index >= 15 is 0 Å². The lowest BCUT2D eigenvalue weighted by atomic mass is 9.98. The summed E-state index contributed by atoms with van der Waals surface area (Å²) in [7, 11) is 1.66. The summed E-state index contributed by atoms with van der Waals surface area (Å²) in [5.74, 6) is 0.624. The Labute approximate surface area is 133 Å². The van der Waals surface area contributed by atoms with Gasteiger partial charge < -0.3 is 10.1 Å². The van der Waals surface area contributed by atoms with Crippen molar-refractivity contribution in [2.24, 2.45) is 0 Å². The lowest BCUT2D eigenvalue weighted by molar-refractivity contribution is 0.413. The molecule has 0 aromatic heterocycles. The van der Waals surface area contributed by atoms with Gasteiger partial charge in [0, 0.05) is 10.5 Å². The van der Waals surface area contributed by atoms with Gasteiger partial charge in [0.15, 0.2) is 0 Å². The fraction of sp³-hybridized carbons (Fsp3) is 0.294. The Bertz CT molecular complexity index is 586. The minimum absolute atomic E-state index is 0.138. The molecular formula is C17H19BrFNO. The summed E-state index contributed by atoms with van der Waals surface area (Å²) in [6, 6.07) is 12.7. The van der Waals surface area contributed by atoms with E-state index in [0.717, 1.165) is 34.3 Å². The average molecular weight is 352 g/mol. The van der Waals surface area contributed by atoms with Crippen molar-refractivity contribution < 1.29 is 9.13 Å². The van der Waals surface area contributed by atoms with E-state index in [1.165, 1.54) is 12.1 Å². The molecule has 0 spiro atoms. The summed E-state index contributed by atoms with van der Waals surface area (Å²) in [5.41, 5.74) is 2.23. The lowest BCUT2D eigenvalue weighted by Crippen LogP contribution is -2.23. The topological polar surface area (TPSA) is 21.3 Å². The van der Waals surface area contributed by atoms with Crippen molar-refractivity contribution in [1.29, 1.82) is 0 Å². The highest BCUT2D eigenvalue weighted by Crippen LogP contribution is 2.27. The van der Waals surface area contributed by atoms with Crippen LogP contribution >= 0.6 is 15.9 Å². The predicted molar refractivity (Wildman–Crippen MR) is 87.2 cm³/mol. The Kier molecular flexibility index (Phi) is 5.76. The molecule has 21 heavy (non-hydrogen) atoms. The Morgan fingerprint density at radius 1 is 1.19 bits per heavy atom. The van der Waals surface area contributed by atoms with Gasteiger partial charge >= 0.3 is 0 Å². The van der Waals surface area contributed by atoms with E-state index in [2.05, 4.69) is 28.2 Å². The fourth-order valence-corrected chi connectivity index (χ4v) is 2.71. The third-order valence-corrected chi connectivity index (χ3v) is 4.17. The summed E-state index contributed by atoms with van der Waals surface area (Å²) >= 11 is 3.58. The monoisotopic (exact) mass is 351 g/mol. The summed E-state index contributed by atoms with van der Waals surface area (Å²) < 4.78 is 19.4. The molecule has 1 unspecified atom stereocenters. The van der Waals surface area contributed by atoms with Crippen LogP contribution in [0.5, 0.6) is 5.75 Å². The van der Waals surface area contributed by atoms with Gasteiger partial charge in [0.25, 0.3) is 0 Å². The van der Waals surface area contributed by atoms with Gasteiger partial charge in [0.05, 0.1) is 7.11 Å². The zero-order chi connectivity index (χ0) is 15.2. The van der Waals surface area contributed by atoms with Crippen LogP contribution in [0.25, 0.3) is 0 Å². The molecule has 0 fully saturated rings. The molecular weight excluding hydrogens is 333 g/mol. The van der Waals surface area contributed by atoms with E-state index in [0.29, 0.717) is 0 Å². The van der Waals surface area contributed by atoms with E-state index in [9.17, 15) is 4.39 Å². The molecule has 0 bridgehead atoms. The van der Waals surface area contributed by atoms with Crippen molar-refractivity contribution in [3.05, 3.63) is 63.9 Å². The van der Waals surface area contributed by atoms with Crippen LogP contribution in [0.15, 0.2) is 46.9 Å².